The maximum absolute atomic E-state index is 5.37. The average Bonchev–Trinajstić information content (AvgIpc) is 2.47. The first-order valence-electron chi connectivity index (χ1n) is 6.14. The highest BCUT2D eigenvalue weighted by Crippen LogP contribution is 2.35. The normalized spacial score (nSPS) is 23.8. The van der Waals surface area contributed by atoms with Gasteiger partial charge in [-0.05, 0) is 49.1 Å². The summed E-state index contributed by atoms with van der Waals surface area (Å²) >= 11 is 0. The van der Waals surface area contributed by atoms with Crippen LogP contribution >= 0.6 is 0 Å². The van der Waals surface area contributed by atoms with Gasteiger partial charge in [0.1, 0.15) is 0 Å². The van der Waals surface area contributed by atoms with Gasteiger partial charge < -0.3 is 14.8 Å². The molecule has 1 aliphatic heterocycles. The van der Waals surface area contributed by atoms with Crippen molar-refractivity contribution >= 4 is 0 Å². The molecule has 0 fully saturated rings. The van der Waals surface area contributed by atoms with Gasteiger partial charge >= 0.3 is 0 Å². The smallest absolute Gasteiger partial charge is 0.161 e. The fourth-order valence-electron chi connectivity index (χ4n) is 2.45. The van der Waals surface area contributed by atoms with Crippen molar-refractivity contribution in [1.82, 2.24) is 5.32 Å². The number of nitrogens with one attached hydrogen (secondary N) is 1. The highest BCUT2D eigenvalue weighted by Gasteiger charge is 2.20. The van der Waals surface area contributed by atoms with E-state index in [4.69, 9.17) is 9.47 Å². The number of benzene rings is 1. The Kier molecular flexibility index (Phi) is 3.57. The molecular weight excluding hydrogens is 214 g/mol. The lowest BCUT2D eigenvalue weighted by atomic mass is 9.96. The van der Waals surface area contributed by atoms with Crippen LogP contribution in [0.4, 0.5) is 0 Å². The van der Waals surface area contributed by atoms with E-state index in [1.807, 2.05) is 0 Å². The third-order valence-electron chi connectivity index (χ3n) is 3.45. The van der Waals surface area contributed by atoms with Gasteiger partial charge in [-0.2, -0.15) is 0 Å². The highest BCUT2D eigenvalue weighted by atomic mass is 16.5. The van der Waals surface area contributed by atoms with Crippen molar-refractivity contribution in [2.45, 2.75) is 26.3 Å². The molecule has 17 heavy (non-hydrogen) atoms. The van der Waals surface area contributed by atoms with E-state index in [0.717, 1.165) is 24.5 Å². The SMILES string of the molecule is COc1cc2c(cc1OC)C(C)NCC(C)C2. The Hall–Kier alpha value is -1.22. The molecule has 1 heterocycles. The minimum atomic E-state index is 0.370. The van der Waals surface area contributed by atoms with E-state index in [-0.39, 0.29) is 0 Å². The monoisotopic (exact) mass is 235 g/mol. The Morgan fingerprint density at radius 1 is 1.12 bits per heavy atom. The second-order valence-electron chi connectivity index (χ2n) is 4.85. The molecular formula is C14H21NO2. The quantitative estimate of drug-likeness (QED) is 0.854. The van der Waals surface area contributed by atoms with Gasteiger partial charge in [0, 0.05) is 6.04 Å². The van der Waals surface area contributed by atoms with E-state index in [1.54, 1.807) is 14.2 Å². The first-order valence-corrected chi connectivity index (χ1v) is 6.14. The molecule has 0 aromatic heterocycles. The second kappa shape index (κ2) is 4.96. The van der Waals surface area contributed by atoms with Gasteiger partial charge in [-0.3, -0.25) is 0 Å². The predicted octanol–water partition coefficient (Wildman–Crippen LogP) is 2.55. The van der Waals surface area contributed by atoms with Crippen molar-refractivity contribution in [3.05, 3.63) is 23.3 Å². The largest absolute Gasteiger partial charge is 0.493 e. The summed E-state index contributed by atoms with van der Waals surface area (Å²) in [7, 11) is 3.37. The standard InChI is InChI=1S/C14H21NO2/c1-9-5-11-6-13(16-3)14(17-4)7-12(11)10(2)15-8-9/h6-7,9-10,15H,5,8H2,1-4H3. The maximum atomic E-state index is 5.37. The van der Waals surface area contributed by atoms with Crippen molar-refractivity contribution < 1.29 is 9.47 Å². The number of hydrogen-bond acceptors (Lipinski definition) is 3. The van der Waals surface area contributed by atoms with Gasteiger partial charge in [-0.15, -0.1) is 0 Å². The van der Waals surface area contributed by atoms with Gasteiger partial charge in [0.05, 0.1) is 14.2 Å². The molecule has 1 N–H and O–H groups in total. The van der Waals surface area contributed by atoms with Crippen molar-refractivity contribution in [3.63, 3.8) is 0 Å². The van der Waals surface area contributed by atoms with Crippen LogP contribution in [0.3, 0.4) is 0 Å². The molecule has 0 spiro atoms. The number of fused-ring (bicyclic) bond motifs is 1. The molecule has 2 unspecified atom stereocenters. The minimum Gasteiger partial charge on any atom is -0.493 e. The number of methoxy groups -OCH3 is 2. The summed E-state index contributed by atoms with van der Waals surface area (Å²) < 4.78 is 10.7. The Bertz CT molecular complexity index is 403. The van der Waals surface area contributed by atoms with Crippen LogP contribution in [0.1, 0.15) is 31.0 Å². The third kappa shape index (κ3) is 2.39. The molecule has 2 atom stereocenters. The van der Waals surface area contributed by atoms with E-state index in [9.17, 15) is 0 Å². The van der Waals surface area contributed by atoms with Crippen molar-refractivity contribution in [2.24, 2.45) is 5.92 Å². The summed E-state index contributed by atoms with van der Waals surface area (Å²) in [5.74, 6) is 2.29. The third-order valence-corrected chi connectivity index (χ3v) is 3.45. The summed E-state index contributed by atoms with van der Waals surface area (Å²) in [6.07, 6.45) is 1.09. The summed E-state index contributed by atoms with van der Waals surface area (Å²) in [6.45, 7) is 5.52. The highest BCUT2D eigenvalue weighted by molar-refractivity contribution is 5.49. The van der Waals surface area contributed by atoms with E-state index >= 15 is 0 Å². The first kappa shape index (κ1) is 12.2. The van der Waals surface area contributed by atoms with Gasteiger partial charge in [0.15, 0.2) is 11.5 Å². The van der Waals surface area contributed by atoms with Crippen LogP contribution in [0.15, 0.2) is 12.1 Å². The van der Waals surface area contributed by atoms with Gasteiger partial charge in [0.2, 0.25) is 0 Å². The fourth-order valence-corrected chi connectivity index (χ4v) is 2.45. The minimum absolute atomic E-state index is 0.370. The molecule has 0 saturated carbocycles. The molecule has 94 valence electrons. The fraction of sp³-hybridized carbons (Fsp3) is 0.571. The molecule has 0 saturated heterocycles. The molecule has 0 amide bonds. The lowest BCUT2D eigenvalue weighted by Gasteiger charge is -2.17. The molecule has 2 rings (SSSR count). The lowest BCUT2D eigenvalue weighted by Crippen LogP contribution is -2.21. The van der Waals surface area contributed by atoms with Crippen molar-refractivity contribution in [2.75, 3.05) is 20.8 Å². The molecule has 3 nitrogen and oxygen atoms in total. The zero-order valence-corrected chi connectivity index (χ0v) is 11.0. The molecule has 1 aliphatic rings. The van der Waals surface area contributed by atoms with Crippen molar-refractivity contribution in [3.8, 4) is 11.5 Å². The van der Waals surface area contributed by atoms with E-state index in [0.29, 0.717) is 12.0 Å². The van der Waals surface area contributed by atoms with E-state index < -0.39 is 0 Å². The average molecular weight is 235 g/mol. The number of hydrogen-bond donors (Lipinski definition) is 1. The molecule has 0 radical (unpaired) electrons. The number of rotatable bonds is 2. The predicted molar refractivity (Wildman–Crippen MR) is 68.8 cm³/mol. The zero-order chi connectivity index (χ0) is 12.4. The second-order valence-corrected chi connectivity index (χ2v) is 4.85. The molecule has 0 aliphatic carbocycles. The Morgan fingerprint density at radius 3 is 2.41 bits per heavy atom. The summed E-state index contributed by atoms with van der Waals surface area (Å²) in [4.78, 5) is 0. The van der Waals surface area contributed by atoms with Crippen molar-refractivity contribution in [1.29, 1.82) is 0 Å². The van der Waals surface area contributed by atoms with Crippen LogP contribution in [0.2, 0.25) is 0 Å². The Labute approximate surface area is 103 Å². The van der Waals surface area contributed by atoms with Crippen LogP contribution in [-0.4, -0.2) is 20.8 Å². The Balaban J connectivity index is 2.48. The molecule has 1 aromatic rings. The topological polar surface area (TPSA) is 30.5 Å². The molecule has 3 heteroatoms. The summed E-state index contributed by atoms with van der Waals surface area (Å²) in [5, 5.41) is 3.54. The van der Waals surface area contributed by atoms with Crippen LogP contribution in [-0.2, 0) is 6.42 Å². The molecule has 1 aromatic carbocycles. The number of ether oxygens (including phenoxy) is 2. The summed E-state index contributed by atoms with van der Waals surface area (Å²) in [6, 6.07) is 4.59. The lowest BCUT2D eigenvalue weighted by molar-refractivity contribution is 0.353. The van der Waals surface area contributed by atoms with Gasteiger partial charge in [-0.1, -0.05) is 6.92 Å². The van der Waals surface area contributed by atoms with Gasteiger partial charge in [0.25, 0.3) is 0 Å². The zero-order valence-electron chi connectivity index (χ0n) is 11.0. The molecule has 0 bridgehead atoms. The van der Waals surface area contributed by atoms with E-state index in [1.165, 1.54) is 11.1 Å². The van der Waals surface area contributed by atoms with Gasteiger partial charge in [-0.25, -0.2) is 0 Å². The first-order chi connectivity index (χ1) is 8.15. The summed E-state index contributed by atoms with van der Waals surface area (Å²) in [5.41, 5.74) is 2.69. The van der Waals surface area contributed by atoms with Crippen LogP contribution in [0.25, 0.3) is 0 Å². The Morgan fingerprint density at radius 2 is 1.76 bits per heavy atom. The van der Waals surface area contributed by atoms with Crippen LogP contribution < -0.4 is 14.8 Å². The van der Waals surface area contributed by atoms with E-state index in [2.05, 4.69) is 31.3 Å². The van der Waals surface area contributed by atoms with Crippen LogP contribution in [0.5, 0.6) is 11.5 Å². The maximum Gasteiger partial charge on any atom is 0.161 e. The van der Waals surface area contributed by atoms with Crippen LogP contribution in [0, 0.1) is 5.92 Å².